The highest BCUT2D eigenvalue weighted by molar-refractivity contribution is 7.80. The highest BCUT2D eigenvalue weighted by Gasteiger charge is 2.49. The molecule has 11 heteroatoms. The van der Waals surface area contributed by atoms with Gasteiger partial charge in [-0.25, -0.2) is 0 Å². The van der Waals surface area contributed by atoms with Crippen LogP contribution in [-0.4, -0.2) is 76.4 Å². The smallest absolute Gasteiger partial charge is 0.340 e. The first-order valence-electron chi connectivity index (χ1n) is 12.2. The number of anilines is 1. The van der Waals surface area contributed by atoms with E-state index in [-0.39, 0.29) is 16.7 Å². The molecule has 3 rings (SSSR count). The predicted octanol–water partition coefficient (Wildman–Crippen LogP) is 4.01. The van der Waals surface area contributed by atoms with Gasteiger partial charge in [0, 0.05) is 39.1 Å². The third-order valence-corrected chi connectivity index (χ3v) is 7.21. The highest BCUT2D eigenvalue weighted by atomic mass is 32.1. The van der Waals surface area contributed by atoms with Crippen molar-refractivity contribution in [3.8, 4) is 6.07 Å². The molecule has 2 heterocycles. The molecule has 0 saturated carbocycles. The van der Waals surface area contributed by atoms with E-state index >= 15 is 0 Å². The molecule has 2 fully saturated rings. The Morgan fingerprint density at radius 2 is 1.78 bits per heavy atom. The topological polar surface area (TPSA) is 70.9 Å². The van der Waals surface area contributed by atoms with E-state index in [1.54, 1.807) is 24.8 Å². The van der Waals surface area contributed by atoms with Crippen LogP contribution in [0.25, 0.3) is 0 Å². The number of amides is 2. The largest absolute Gasteiger partial charge is 0.417 e. The first-order valence-corrected chi connectivity index (χ1v) is 12.6. The molecule has 2 saturated heterocycles. The number of rotatable bonds is 8. The third-order valence-electron chi connectivity index (χ3n) is 6.81. The van der Waals surface area contributed by atoms with Gasteiger partial charge in [-0.1, -0.05) is 6.92 Å². The van der Waals surface area contributed by atoms with Gasteiger partial charge in [0.25, 0.3) is 5.91 Å². The molecule has 0 bridgehead atoms. The molecule has 2 amide bonds. The zero-order chi connectivity index (χ0) is 26.7. The van der Waals surface area contributed by atoms with Crippen molar-refractivity contribution in [2.45, 2.75) is 58.2 Å². The summed E-state index contributed by atoms with van der Waals surface area (Å²) in [5, 5.41) is 9.21. The maximum Gasteiger partial charge on any atom is 0.417 e. The molecule has 196 valence electrons. The Hall–Kier alpha value is -2.71. The number of nitrogens with zero attached hydrogens (tertiary/aromatic N) is 5. The van der Waals surface area contributed by atoms with Gasteiger partial charge in [0.1, 0.15) is 5.54 Å². The van der Waals surface area contributed by atoms with Crippen LogP contribution in [0, 0.1) is 11.3 Å². The van der Waals surface area contributed by atoms with E-state index in [1.807, 2.05) is 11.8 Å². The van der Waals surface area contributed by atoms with Crippen molar-refractivity contribution >= 4 is 34.8 Å². The number of halogens is 3. The molecular formula is C25H32F3N5O2S. The predicted molar refractivity (Wildman–Crippen MR) is 134 cm³/mol. The van der Waals surface area contributed by atoms with Crippen molar-refractivity contribution in [3.63, 3.8) is 0 Å². The summed E-state index contributed by atoms with van der Waals surface area (Å²) in [5.41, 5.74) is -2.60. The van der Waals surface area contributed by atoms with Crippen LogP contribution in [0.5, 0.6) is 0 Å². The van der Waals surface area contributed by atoms with Gasteiger partial charge in [0.2, 0.25) is 5.91 Å². The van der Waals surface area contributed by atoms with Gasteiger partial charge in [0.15, 0.2) is 5.11 Å². The van der Waals surface area contributed by atoms with Gasteiger partial charge in [-0.05, 0) is 70.1 Å². The molecule has 36 heavy (non-hydrogen) atoms. The van der Waals surface area contributed by atoms with Gasteiger partial charge in [-0.15, -0.1) is 0 Å². The number of thiocarbonyl (C=S) groups is 1. The number of benzene rings is 1. The van der Waals surface area contributed by atoms with E-state index in [0.29, 0.717) is 13.0 Å². The van der Waals surface area contributed by atoms with E-state index in [4.69, 9.17) is 17.5 Å². The Balaban J connectivity index is 1.60. The summed E-state index contributed by atoms with van der Waals surface area (Å²) in [7, 11) is 0. The van der Waals surface area contributed by atoms with Gasteiger partial charge in [-0.3, -0.25) is 19.4 Å². The molecule has 0 N–H and O–H groups in total. The van der Waals surface area contributed by atoms with Gasteiger partial charge >= 0.3 is 6.18 Å². The van der Waals surface area contributed by atoms with Crippen molar-refractivity contribution in [2.24, 2.45) is 0 Å². The maximum atomic E-state index is 13.5. The summed E-state index contributed by atoms with van der Waals surface area (Å²) < 4.78 is 40.4. The minimum atomic E-state index is -4.73. The van der Waals surface area contributed by atoms with Gasteiger partial charge < -0.3 is 9.80 Å². The second kappa shape index (κ2) is 11.1. The molecule has 0 aromatic heterocycles. The molecule has 0 unspecified atom stereocenters. The number of carbonyl (C=O) groups is 2. The van der Waals surface area contributed by atoms with Crippen LogP contribution in [0.1, 0.15) is 57.6 Å². The van der Waals surface area contributed by atoms with E-state index in [1.165, 1.54) is 6.07 Å². The summed E-state index contributed by atoms with van der Waals surface area (Å²) in [6.07, 6.45) is -1.68. The number of hydrogen-bond acceptors (Lipinski definition) is 5. The lowest BCUT2D eigenvalue weighted by Crippen LogP contribution is -2.49. The monoisotopic (exact) mass is 523 g/mol. The molecule has 7 nitrogen and oxygen atoms in total. The lowest BCUT2D eigenvalue weighted by Gasteiger charge is -2.35. The van der Waals surface area contributed by atoms with E-state index in [0.717, 1.165) is 69.0 Å². The van der Waals surface area contributed by atoms with Crippen LogP contribution < -0.4 is 4.90 Å². The fourth-order valence-corrected chi connectivity index (χ4v) is 5.15. The summed E-state index contributed by atoms with van der Waals surface area (Å²) >= 11 is 5.54. The maximum absolute atomic E-state index is 13.5. The van der Waals surface area contributed by atoms with Crippen LogP contribution >= 0.6 is 12.2 Å². The summed E-state index contributed by atoms with van der Waals surface area (Å²) in [4.78, 5) is 32.4. The average molecular weight is 524 g/mol. The van der Waals surface area contributed by atoms with Crippen molar-refractivity contribution in [3.05, 3.63) is 29.3 Å². The number of hydrogen-bond donors (Lipinski definition) is 0. The Labute approximate surface area is 215 Å². The molecule has 2 aliphatic rings. The lowest BCUT2D eigenvalue weighted by molar-refractivity contribution is -0.138. The first kappa shape index (κ1) is 27.9. The SMILES string of the molecule is CCCC(=O)N1CCN(CCCCN2C(=S)N(c3ccc(C#N)c(C(F)(F)F)c3)C(=O)C2(C)C)CC1. The molecule has 0 radical (unpaired) electrons. The second-order valence-corrected chi connectivity index (χ2v) is 10.0. The highest BCUT2D eigenvalue weighted by Crippen LogP contribution is 2.37. The standard InChI is InChI=1S/C25H32F3N5O2S/c1-4-7-21(34)31-14-12-30(13-15-31)10-5-6-11-32-23(36)33(22(35)24(32,2)3)19-9-8-18(17-29)20(16-19)25(26,27)28/h8-9,16H,4-7,10-15H2,1-3H3. The van der Waals surface area contributed by atoms with E-state index in [9.17, 15) is 22.8 Å². The van der Waals surface area contributed by atoms with Crippen LogP contribution in [0.4, 0.5) is 18.9 Å². The van der Waals surface area contributed by atoms with Crippen LogP contribution in [0.2, 0.25) is 0 Å². The number of carbonyl (C=O) groups excluding carboxylic acids is 2. The minimum absolute atomic E-state index is 0.00221. The van der Waals surface area contributed by atoms with Crippen LogP contribution in [0.15, 0.2) is 18.2 Å². The van der Waals surface area contributed by atoms with Crippen molar-refractivity contribution in [1.82, 2.24) is 14.7 Å². The zero-order valence-electron chi connectivity index (χ0n) is 20.9. The lowest BCUT2D eigenvalue weighted by atomic mass is 10.0. The average Bonchev–Trinajstić information content (AvgIpc) is 3.00. The van der Waals surface area contributed by atoms with Gasteiger partial charge in [-0.2, -0.15) is 18.4 Å². The number of piperazine rings is 1. The van der Waals surface area contributed by atoms with Crippen molar-refractivity contribution < 1.29 is 22.8 Å². The fraction of sp³-hybridized carbons (Fsp3) is 0.600. The second-order valence-electron chi connectivity index (χ2n) is 9.65. The Morgan fingerprint density at radius 1 is 1.14 bits per heavy atom. The Morgan fingerprint density at radius 3 is 2.36 bits per heavy atom. The molecule has 0 spiro atoms. The van der Waals surface area contributed by atoms with E-state index < -0.39 is 28.7 Å². The molecule has 1 aromatic rings. The molecule has 2 aliphatic heterocycles. The summed E-state index contributed by atoms with van der Waals surface area (Å²) in [6.45, 7) is 9.89. The minimum Gasteiger partial charge on any atom is -0.340 e. The Bertz CT molecular complexity index is 1050. The summed E-state index contributed by atoms with van der Waals surface area (Å²) in [6, 6.07) is 4.76. The first-order chi connectivity index (χ1) is 16.9. The molecule has 0 atom stereocenters. The Kier molecular flexibility index (Phi) is 8.62. The molecular weight excluding hydrogens is 491 g/mol. The number of nitriles is 1. The number of alkyl halides is 3. The zero-order valence-corrected chi connectivity index (χ0v) is 21.7. The van der Waals surface area contributed by atoms with Gasteiger partial charge in [0.05, 0.1) is 22.9 Å². The molecule has 1 aromatic carbocycles. The van der Waals surface area contributed by atoms with Crippen LogP contribution in [0.3, 0.4) is 0 Å². The van der Waals surface area contributed by atoms with Crippen molar-refractivity contribution in [2.75, 3.05) is 44.2 Å². The van der Waals surface area contributed by atoms with E-state index in [2.05, 4.69) is 4.90 Å². The van der Waals surface area contributed by atoms with Crippen LogP contribution in [-0.2, 0) is 15.8 Å². The quantitative estimate of drug-likeness (QED) is 0.379. The normalized spacial score (nSPS) is 18.6. The van der Waals surface area contributed by atoms with Crippen molar-refractivity contribution in [1.29, 1.82) is 5.26 Å². The number of unbranched alkanes of at least 4 members (excludes halogenated alkanes) is 1. The molecule has 0 aliphatic carbocycles. The third kappa shape index (κ3) is 5.81. The fourth-order valence-electron chi connectivity index (χ4n) is 4.64. The summed E-state index contributed by atoms with van der Waals surface area (Å²) in [5.74, 6) is -0.195.